The molecule has 1 heterocycles. The number of hydrogen-bond acceptors (Lipinski definition) is 2. The molecular weight excluding hydrogens is 281 g/mol. The van der Waals surface area contributed by atoms with Crippen molar-refractivity contribution >= 4 is 19.2 Å². The maximum absolute atomic E-state index is 13.9. The van der Waals surface area contributed by atoms with Gasteiger partial charge in [-0.25, -0.2) is 9.38 Å². The Kier molecular flexibility index (Phi) is 4.56. The van der Waals surface area contributed by atoms with Crippen LogP contribution in [-0.2, 0) is 4.74 Å². The van der Waals surface area contributed by atoms with Crippen molar-refractivity contribution in [2.24, 2.45) is 4.99 Å². The fourth-order valence-electron chi connectivity index (χ4n) is 3.19. The van der Waals surface area contributed by atoms with Crippen LogP contribution >= 0.6 is 0 Å². The Morgan fingerprint density at radius 3 is 2.29 bits per heavy atom. The average Bonchev–Trinajstić information content (AvgIpc) is 2.82. The lowest BCUT2D eigenvalue weighted by molar-refractivity contribution is 0.279. The van der Waals surface area contributed by atoms with Crippen LogP contribution in [0.3, 0.4) is 0 Å². The van der Waals surface area contributed by atoms with E-state index in [9.17, 15) is 4.39 Å². The number of hydrogen-bond donors (Lipinski definition) is 0. The summed E-state index contributed by atoms with van der Waals surface area (Å²) in [6.07, 6.45) is 0. The molecule has 0 bridgehead atoms. The van der Waals surface area contributed by atoms with Crippen LogP contribution in [0.1, 0.15) is 40.2 Å². The largest absolute Gasteiger partial charge is 0.475 e. The van der Waals surface area contributed by atoms with Gasteiger partial charge in [0.1, 0.15) is 12.4 Å². The smallest absolute Gasteiger partial charge is 0.216 e. The molecule has 0 amide bonds. The zero-order valence-corrected chi connectivity index (χ0v) is 14.8. The van der Waals surface area contributed by atoms with Gasteiger partial charge in [0.15, 0.2) is 0 Å². The number of ether oxygens (including phenoxy) is 1. The van der Waals surface area contributed by atoms with E-state index in [1.54, 1.807) is 6.07 Å². The summed E-state index contributed by atoms with van der Waals surface area (Å²) in [6, 6.07) is 8.46. The number of nitrogens with zero attached hydrogens (tertiary/aromatic N) is 1. The fraction of sp³-hybridized carbons (Fsp3) is 0.588. The van der Waals surface area contributed by atoms with E-state index in [2.05, 4.69) is 34.6 Å². The van der Waals surface area contributed by atoms with E-state index in [1.807, 2.05) is 6.07 Å². The highest BCUT2D eigenvalue weighted by Gasteiger charge is 2.35. The zero-order chi connectivity index (χ0) is 15.7. The minimum absolute atomic E-state index is 0.154. The van der Waals surface area contributed by atoms with E-state index in [-0.39, 0.29) is 11.4 Å². The lowest BCUT2D eigenvalue weighted by Crippen LogP contribution is -2.48. The van der Waals surface area contributed by atoms with Crippen LogP contribution in [-0.4, -0.2) is 26.1 Å². The Labute approximate surface area is 128 Å². The SMILES string of the molecule is CC[Si](CC)(CC)c1cc(F)ccc1C1=NC(C)(C)CO1. The number of aliphatic imine (C=N–C) groups is 1. The van der Waals surface area contributed by atoms with Gasteiger partial charge in [0, 0.05) is 5.56 Å². The molecule has 21 heavy (non-hydrogen) atoms. The molecule has 1 aliphatic heterocycles. The van der Waals surface area contributed by atoms with E-state index < -0.39 is 8.07 Å². The summed E-state index contributed by atoms with van der Waals surface area (Å²) in [6.45, 7) is 11.4. The molecule has 0 fully saturated rings. The van der Waals surface area contributed by atoms with Crippen molar-refractivity contribution in [2.75, 3.05) is 6.61 Å². The van der Waals surface area contributed by atoms with Crippen molar-refractivity contribution in [1.82, 2.24) is 0 Å². The molecule has 2 nitrogen and oxygen atoms in total. The average molecular weight is 307 g/mol. The van der Waals surface area contributed by atoms with Gasteiger partial charge in [-0.2, -0.15) is 0 Å². The number of rotatable bonds is 5. The van der Waals surface area contributed by atoms with Crippen LogP contribution in [0.4, 0.5) is 4.39 Å². The minimum Gasteiger partial charge on any atom is -0.475 e. The maximum Gasteiger partial charge on any atom is 0.216 e. The van der Waals surface area contributed by atoms with Crippen molar-refractivity contribution in [3.63, 3.8) is 0 Å². The second-order valence-corrected chi connectivity index (χ2v) is 11.8. The van der Waals surface area contributed by atoms with Gasteiger partial charge in [0.05, 0.1) is 13.6 Å². The summed E-state index contributed by atoms with van der Waals surface area (Å²) in [5, 5.41) is 1.17. The summed E-state index contributed by atoms with van der Waals surface area (Å²) in [5.41, 5.74) is 0.828. The van der Waals surface area contributed by atoms with Crippen LogP contribution in [0.15, 0.2) is 23.2 Å². The Bertz CT molecular complexity index is 541. The quantitative estimate of drug-likeness (QED) is 0.751. The molecule has 0 N–H and O–H groups in total. The topological polar surface area (TPSA) is 21.6 Å². The van der Waals surface area contributed by atoms with Gasteiger partial charge in [-0.1, -0.05) is 38.9 Å². The highest BCUT2D eigenvalue weighted by Crippen LogP contribution is 2.26. The molecule has 1 aromatic rings. The Balaban J connectivity index is 2.58. The Morgan fingerprint density at radius 2 is 1.81 bits per heavy atom. The Morgan fingerprint density at radius 1 is 1.19 bits per heavy atom. The van der Waals surface area contributed by atoms with Crippen molar-refractivity contribution in [3.8, 4) is 0 Å². The molecule has 0 spiro atoms. The monoisotopic (exact) mass is 307 g/mol. The summed E-state index contributed by atoms with van der Waals surface area (Å²) < 4.78 is 19.7. The van der Waals surface area contributed by atoms with Crippen molar-refractivity contribution in [2.45, 2.75) is 58.3 Å². The summed E-state index contributed by atoms with van der Waals surface area (Å²) in [5.74, 6) is 0.543. The van der Waals surface area contributed by atoms with Gasteiger partial charge in [0.25, 0.3) is 0 Å². The molecule has 0 radical (unpaired) electrons. The Hall–Kier alpha value is -1.16. The standard InChI is InChI=1S/C17H26FNOSi/c1-6-21(7-2,8-3)15-11-13(18)9-10-14(15)16-19-17(4,5)12-20-16/h9-11H,6-8,12H2,1-5H3. The molecule has 1 aromatic carbocycles. The van der Waals surface area contributed by atoms with Crippen LogP contribution in [0.5, 0.6) is 0 Å². The third-order valence-electron chi connectivity index (χ3n) is 4.78. The molecule has 0 aromatic heterocycles. The van der Waals surface area contributed by atoms with Crippen molar-refractivity contribution in [1.29, 1.82) is 0 Å². The van der Waals surface area contributed by atoms with Gasteiger partial charge in [-0.05, 0) is 37.2 Å². The third-order valence-corrected chi connectivity index (χ3v) is 10.4. The summed E-state index contributed by atoms with van der Waals surface area (Å²) in [4.78, 5) is 4.69. The number of benzene rings is 1. The van der Waals surface area contributed by atoms with Gasteiger partial charge >= 0.3 is 0 Å². The highest BCUT2D eigenvalue weighted by atomic mass is 28.3. The summed E-state index contributed by atoms with van der Waals surface area (Å²) >= 11 is 0. The molecule has 1 aliphatic rings. The van der Waals surface area contributed by atoms with Gasteiger partial charge < -0.3 is 4.74 Å². The zero-order valence-electron chi connectivity index (χ0n) is 13.8. The van der Waals surface area contributed by atoms with Crippen molar-refractivity contribution in [3.05, 3.63) is 29.6 Å². The second kappa shape index (κ2) is 5.91. The van der Waals surface area contributed by atoms with E-state index in [4.69, 9.17) is 9.73 Å². The van der Waals surface area contributed by atoms with Crippen LogP contribution in [0, 0.1) is 5.82 Å². The van der Waals surface area contributed by atoms with E-state index in [0.717, 1.165) is 23.7 Å². The normalized spacial score (nSPS) is 17.5. The first-order valence-electron chi connectivity index (χ1n) is 7.90. The van der Waals surface area contributed by atoms with Crippen LogP contribution in [0.2, 0.25) is 18.1 Å². The number of halogens is 1. The molecule has 0 saturated carbocycles. The molecule has 0 unspecified atom stereocenters. The molecule has 4 heteroatoms. The van der Waals surface area contributed by atoms with Gasteiger partial charge in [-0.3, -0.25) is 0 Å². The fourth-order valence-corrected chi connectivity index (χ4v) is 7.03. The first-order chi connectivity index (χ1) is 9.87. The van der Waals surface area contributed by atoms with E-state index >= 15 is 0 Å². The molecule has 2 rings (SSSR count). The lowest BCUT2D eigenvalue weighted by Gasteiger charge is -2.30. The highest BCUT2D eigenvalue weighted by molar-refractivity contribution is 6.92. The molecule has 116 valence electrons. The third kappa shape index (κ3) is 3.05. The molecule has 0 aliphatic carbocycles. The first kappa shape index (κ1) is 16.2. The van der Waals surface area contributed by atoms with Crippen LogP contribution in [0.25, 0.3) is 0 Å². The predicted octanol–water partition coefficient (Wildman–Crippen LogP) is 4.10. The van der Waals surface area contributed by atoms with Crippen LogP contribution < -0.4 is 5.19 Å². The van der Waals surface area contributed by atoms with Crippen molar-refractivity contribution < 1.29 is 9.13 Å². The lowest BCUT2D eigenvalue weighted by atomic mass is 10.1. The second-order valence-electron chi connectivity index (χ2n) is 6.55. The van der Waals surface area contributed by atoms with Gasteiger partial charge in [-0.15, -0.1) is 0 Å². The summed E-state index contributed by atoms with van der Waals surface area (Å²) in [7, 11) is -1.68. The molecular formula is C17H26FNOSi. The minimum atomic E-state index is -1.68. The van der Waals surface area contributed by atoms with Gasteiger partial charge in [0.2, 0.25) is 5.90 Å². The van der Waals surface area contributed by atoms with E-state index in [1.165, 1.54) is 11.3 Å². The molecule has 0 atom stereocenters. The van der Waals surface area contributed by atoms with E-state index in [0.29, 0.717) is 12.5 Å². The maximum atomic E-state index is 13.9. The predicted molar refractivity (Wildman–Crippen MR) is 89.8 cm³/mol. The first-order valence-corrected chi connectivity index (χ1v) is 10.5. The molecule has 0 saturated heterocycles.